The Morgan fingerprint density at radius 3 is 2.62 bits per heavy atom. The number of aliphatic hydroxyl groups is 1. The van der Waals surface area contributed by atoms with Crippen LogP contribution >= 0.6 is 0 Å². The first kappa shape index (κ1) is 11.6. The maximum Gasteiger partial charge on any atom is 0.0959 e. The Morgan fingerprint density at radius 1 is 1.44 bits per heavy atom. The van der Waals surface area contributed by atoms with Gasteiger partial charge >= 0.3 is 0 Å². The average molecular weight is 221 g/mol. The summed E-state index contributed by atoms with van der Waals surface area (Å²) in [5.74, 6) is 0. The quantitative estimate of drug-likeness (QED) is 0.808. The van der Waals surface area contributed by atoms with Crippen LogP contribution in [-0.4, -0.2) is 24.9 Å². The second-order valence-electron chi connectivity index (χ2n) is 4.73. The first-order valence-corrected chi connectivity index (χ1v) is 5.68. The summed E-state index contributed by atoms with van der Waals surface area (Å²) in [5, 5.41) is 10.8. The van der Waals surface area contributed by atoms with Crippen molar-refractivity contribution >= 4 is 0 Å². The van der Waals surface area contributed by atoms with Crippen LogP contribution in [0.3, 0.4) is 0 Å². The average Bonchev–Trinajstić information content (AvgIpc) is 2.80. The Balaban J connectivity index is 2.37. The monoisotopic (exact) mass is 221 g/mol. The fraction of sp³-hybridized carbons (Fsp3) is 0.538. The van der Waals surface area contributed by atoms with Gasteiger partial charge in [0.1, 0.15) is 0 Å². The van der Waals surface area contributed by atoms with Crippen LogP contribution in [0.25, 0.3) is 0 Å². The summed E-state index contributed by atoms with van der Waals surface area (Å²) < 4.78 is 5.42. The van der Waals surface area contributed by atoms with Crippen LogP contribution < -0.4 is 5.73 Å². The van der Waals surface area contributed by atoms with E-state index in [1.807, 2.05) is 37.3 Å². The van der Waals surface area contributed by atoms with Gasteiger partial charge in [0.05, 0.1) is 12.2 Å². The van der Waals surface area contributed by atoms with E-state index in [1.54, 1.807) is 0 Å². The highest BCUT2D eigenvalue weighted by Gasteiger charge is 2.49. The number of rotatable bonds is 3. The van der Waals surface area contributed by atoms with Gasteiger partial charge in [-0.25, -0.2) is 0 Å². The summed E-state index contributed by atoms with van der Waals surface area (Å²) in [6.45, 7) is 3.49. The highest BCUT2D eigenvalue weighted by atomic mass is 16.5. The standard InChI is InChI=1S/C13H19NO2/c1-12(15,11-5-3-2-4-6-11)13(9-14)7-8-16-10-13/h2-6,15H,7-10,14H2,1H3. The second-order valence-corrected chi connectivity index (χ2v) is 4.73. The molecular formula is C13H19NO2. The molecule has 3 N–H and O–H groups in total. The fourth-order valence-corrected chi connectivity index (χ4v) is 2.42. The molecule has 1 fully saturated rings. The van der Waals surface area contributed by atoms with E-state index in [0.29, 0.717) is 19.8 Å². The minimum Gasteiger partial charge on any atom is -0.385 e. The Morgan fingerprint density at radius 2 is 2.12 bits per heavy atom. The largest absolute Gasteiger partial charge is 0.385 e. The lowest BCUT2D eigenvalue weighted by atomic mass is 9.69. The second kappa shape index (κ2) is 4.17. The molecule has 3 nitrogen and oxygen atoms in total. The number of nitrogens with two attached hydrogens (primary N) is 1. The number of hydrogen-bond acceptors (Lipinski definition) is 3. The van der Waals surface area contributed by atoms with E-state index >= 15 is 0 Å². The molecule has 1 aliphatic rings. The van der Waals surface area contributed by atoms with Crippen molar-refractivity contribution in [2.45, 2.75) is 18.9 Å². The third-order valence-corrected chi connectivity index (χ3v) is 3.86. The Kier molecular flexibility index (Phi) is 3.02. The summed E-state index contributed by atoms with van der Waals surface area (Å²) in [7, 11) is 0. The van der Waals surface area contributed by atoms with Crippen LogP contribution in [-0.2, 0) is 10.3 Å². The van der Waals surface area contributed by atoms with Crippen molar-refractivity contribution in [3.05, 3.63) is 35.9 Å². The van der Waals surface area contributed by atoms with E-state index in [-0.39, 0.29) is 5.41 Å². The molecule has 3 heteroatoms. The van der Waals surface area contributed by atoms with Gasteiger partial charge in [-0.2, -0.15) is 0 Å². The van der Waals surface area contributed by atoms with Gasteiger partial charge < -0.3 is 15.6 Å². The van der Waals surface area contributed by atoms with E-state index < -0.39 is 5.60 Å². The predicted molar refractivity (Wildman–Crippen MR) is 62.9 cm³/mol. The Hall–Kier alpha value is -0.900. The molecule has 1 heterocycles. The van der Waals surface area contributed by atoms with Gasteiger partial charge in [-0.15, -0.1) is 0 Å². The summed E-state index contributed by atoms with van der Waals surface area (Å²) in [4.78, 5) is 0. The maximum atomic E-state index is 10.8. The topological polar surface area (TPSA) is 55.5 Å². The normalized spacial score (nSPS) is 28.9. The summed E-state index contributed by atoms with van der Waals surface area (Å²) in [5.41, 5.74) is 5.48. The zero-order valence-corrected chi connectivity index (χ0v) is 9.65. The summed E-state index contributed by atoms with van der Waals surface area (Å²) >= 11 is 0. The van der Waals surface area contributed by atoms with Gasteiger partial charge in [-0.05, 0) is 18.9 Å². The lowest BCUT2D eigenvalue weighted by Gasteiger charge is -2.41. The van der Waals surface area contributed by atoms with Gasteiger partial charge in [0, 0.05) is 18.6 Å². The van der Waals surface area contributed by atoms with E-state index in [1.165, 1.54) is 0 Å². The highest BCUT2D eigenvalue weighted by Crippen LogP contribution is 2.44. The molecule has 88 valence electrons. The smallest absolute Gasteiger partial charge is 0.0959 e. The zero-order chi connectivity index (χ0) is 11.6. The van der Waals surface area contributed by atoms with Crippen LogP contribution in [0, 0.1) is 5.41 Å². The molecule has 0 aliphatic carbocycles. The minimum absolute atomic E-state index is 0.353. The SMILES string of the molecule is CC(O)(c1ccccc1)C1(CN)CCOC1. The molecule has 0 radical (unpaired) electrons. The van der Waals surface area contributed by atoms with Gasteiger partial charge in [0.15, 0.2) is 0 Å². The Bertz CT molecular complexity index is 342. The third kappa shape index (κ3) is 1.65. The number of benzene rings is 1. The van der Waals surface area contributed by atoms with Crippen LogP contribution in [0.1, 0.15) is 18.9 Å². The first-order valence-electron chi connectivity index (χ1n) is 5.68. The van der Waals surface area contributed by atoms with Crippen molar-refractivity contribution in [1.29, 1.82) is 0 Å². The van der Waals surface area contributed by atoms with Crippen molar-refractivity contribution in [2.75, 3.05) is 19.8 Å². The fourth-order valence-electron chi connectivity index (χ4n) is 2.42. The van der Waals surface area contributed by atoms with Crippen LogP contribution in [0.15, 0.2) is 30.3 Å². The van der Waals surface area contributed by atoms with Crippen LogP contribution in [0.2, 0.25) is 0 Å². The van der Waals surface area contributed by atoms with Crippen molar-refractivity contribution in [3.63, 3.8) is 0 Å². The van der Waals surface area contributed by atoms with Gasteiger partial charge in [-0.3, -0.25) is 0 Å². The molecule has 1 aromatic rings. The van der Waals surface area contributed by atoms with E-state index in [0.717, 1.165) is 12.0 Å². The van der Waals surface area contributed by atoms with E-state index in [9.17, 15) is 5.11 Å². The molecule has 2 atom stereocenters. The molecule has 0 saturated carbocycles. The van der Waals surface area contributed by atoms with Crippen molar-refractivity contribution in [2.24, 2.45) is 11.1 Å². The predicted octanol–water partition coefficient (Wildman–Crippen LogP) is 1.26. The zero-order valence-electron chi connectivity index (χ0n) is 9.65. The van der Waals surface area contributed by atoms with Crippen LogP contribution in [0.4, 0.5) is 0 Å². The van der Waals surface area contributed by atoms with E-state index in [2.05, 4.69) is 0 Å². The molecule has 0 amide bonds. The van der Waals surface area contributed by atoms with Crippen molar-refractivity contribution in [3.8, 4) is 0 Å². The number of ether oxygens (including phenoxy) is 1. The molecule has 0 aromatic heterocycles. The molecular weight excluding hydrogens is 202 g/mol. The molecule has 1 saturated heterocycles. The van der Waals surface area contributed by atoms with Gasteiger partial charge in [0.25, 0.3) is 0 Å². The molecule has 16 heavy (non-hydrogen) atoms. The maximum absolute atomic E-state index is 10.8. The Labute approximate surface area is 96.2 Å². The molecule has 1 aliphatic heterocycles. The van der Waals surface area contributed by atoms with Crippen molar-refractivity contribution in [1.82, 2.24) is 0 Å². The first-order chi connectivity index (χ1) is 7.62. The number of hydrogen-bond donors (Lipinski definition) is 2. The lowest BCUT2D eigenvalue weighted by Crippen LogP contribution is -2.49. The molecule has 2 unspecified atom stereocenters. The summed E-state index contributed by atoms with van der Waals surface area (Å²) in [6, 6.07) is 9.69. The lowest BCUT2D eigenvalue weighted by molar-refractivity contribution is -0.0747. The van der Waals surface area contributed by atoms with Gasteiger partial charge in [0.2, 0.25) is 0 Å². The molecule has 1 aromatic carbocycles. The minimum atomic E-state index is -0.931. The molecule has 0 spiro atoms. The van der Waals surface area contributed by atoms with Crippen molar-refractivity contribution < 1.29 is 9.84 Å². The highest BCUT2D eigenvalue weighted by molar-refractivity contribution is 5.25. The van der Waals surface area contributed by atoms with Crippen LogP contribution in [0.5, 0.6) is 0 Å². The van der Waals surface area contributed by atoms with E-state index in [4.69, 9.17) is 10.5 Å². The molecule has 0 bridgehead atoms. The molecule has 2 rings (SSSR count). The third-order valence-electron chi connectivity index (χ3n) is 3.86. The summed E-state index contributed by atoms with van der Waals surface area (Å²) in [6.07, 6.45) is 0.811. The van der Waals surface area contributed by atoms with Gasteiger partial charge in [-0.1, -0.05) is 30.3 Å².